The van der Waals surface area contributed by atoms with Crippen LogP contribution in [-0.4, -0.2) is 49.9 Å². The van der Waals surface area contributed by atoms with Crippen LogP contribution in [-0.2, 0) is 0 Å². The number of benzene rings is 1. The summed E-state index contributed by atoms with van der Waals surface area (Å²) in [5.41, 5.74) is 4.00. The van der Waals surface area contributed by atoms with Crippen molar-refractivity contribution in [1.29, 1.82) is 0 Å². The van der Waals surface area contributed by atoms with Crippen LogP contribution in [0.2, 0.25) is 0 Å². The molecule has 0 aliphatic carbocycles. The van der Waals surface area contributed by atoms with Gasteiger partial charge in [-0.05, 0) is 38.1 Å². The number of aromatic nitrogens is 4. The Balaban J connectivity index is 1.43. The smallest absolute Gasteiger partial charge is 0.316 e. The Labute approximate surface area is 157 Å². The Morgan fingerprint density at radius 1 is 1.04 bits per heavy atom. The van der Waals surface area contributed by atoms with E-state index in [0.717, 1.165) is 35.3 Å². The van der Waals surface area contributed by atoms with Gasteiger partial charge < -0.3 is 9.64 Å². The zero-order valence-electron chi connectivity index (χ0n) is 15.4. The number of hydrogen-bond donors (Lipinski definition) is 0. The van der Waals surface area contributed by atoms with E-state index in [2.05, 4.69) is 19.9 Å². The van der Waals surface area contributed by atoms with Gasteiger partial charge in [0.2, 0.25) is 0 Å². The fraction of sp³-hybridized carbons (Fsp3) is 0.350. The van der Waals surface area contributed by atoms with Crippen molar-refractivity contribution in [3.63, 3.8) is 0 Å². The molecule has 7 nitrogen and oxygen atoms in total. The Kier molecular flexibility index (Phi) is 4.66. The molecule has 0 spiro atoms. The molecule has 138 valence electrons. The largest absolute Gasteiger partial charge is 0.460 e. The third-order valence-corrected chi connectivity index (χ3v) is 4.87. The van der Waals surface area contributed by atoms with E-state index >= 15 is 0 Å². The predicted molar refractivity (Wildman–Crippen MR) is 101 cm³/mol. The number of piperidine rings is 1. The van der Waals surface area contributed by atoms with Crippen LogP contribution in [0.15, 0.2) is 36.7 Å². The molecule has 0 atom stereocenters. The summed E-state index contributed by atoms with van der Waals surface area (Å²) >= 11 is 0. The van der Waals surface area contributed by atoms with Gasteiger partial charge in [0, 0.05) is 43.9 Å². The molecule has 1 aliphatic rings. The van der Waals surface area contributed by atoms with Crippen molar-refractivity contribution in [3.05, 3.63) is 53.6 Å². The lowest BCUT2D eigenvalue weighted by Gasteiger charge is -2.31. The first-order chi connectivity index (χ1) is 13.1. The topological polar surface area (TPSA) is 81.1 Å². The molecule has 3 aromatic rings. The Hall–Kier alpha value is -3.09. The monoisotopic (exact) mass is 363 g/mol. The number of likely N-dealkylation sites (tertiary alicyclic amines) is 1. The summed E-state index contributed by atoms with van der Waals surface area (Å²) in [7, 11) is 0. The average molecular weight is 363 g/mol. The van der Waals surface area contributed by atoms with Crippen LogP contribution in [0.4, 0.5) is 0 Å². The highest BCUT2D eigenvalue weighted by Crippen LogP contribution is 2.20. The molecular formula is C20H21N5O2. The van der Waals surface area contributed by atoms with Gasteiger partial charge in [-0.15, -0.1) is 0 Å². The number of ether oxygens (including phenoxy) is 1. The lowest BCUT2D eigenvalue weighted by Crippen LogP contribution is -2.41. The molecule has 7 heteroatoms. The molecule has 1 aromatic carbocycles. The van der Waals surface area contributed by atoms with Crippen molar-refractivity contribution in [2.45, 2.75) is 32.8 Å². The number of hydrogen-bond acceptors (Lipinski definition) is 6. The number of fused-ring (bicyclic) bond motifs is 1. The van der Waals surface area contributed by atoms with E-state index in [4.69, 9.17) is 4.74 Å². The lowest BCUT2D eigenvalue weighted by atomic mass is 10.1. The SMILES string of the molecule is Cc1nc2ccc(C(=O)N3CCC(Oc4ncccn4)CC3)cc2nc1C. The summed E-state index contributed by atoms with van der Waals surface area (Å²) in [6.07, 6.45) is 4.87. The molecule has 4 rings (SSSR count). The highest BCUT2D eigenvalue weighted by Gasteiger charge is 2.25. The Morgan fingerprint density at radius 2 is 1.70 bits per heavy atom. The van der Waals surface area contributed by atoms with Gasteiger partial charge in [-0.1, -0.05) is 0 Å². The third kappa shape index (κ3) is 3.72. The summed E-state index contributed by atoms with van der Waals surface area (Å²) in [6.45, 7) is 5.16. The van der Waals surface area contributed by atoms with Gasteiger partial charge >= 0.3 is 6.01 Å². The Bertz CT molecular complexity index is 969. The molecule has 1 aliphatic heterocycles. The fourth-order valence-corrected chi connectivity index (χ4v) is 3.22. The molecular weight excluding hydrogens is 342 g/mol. The maximum atomic E-state index is 12.9. The van der Waals surface area contributed by atoms with Crippen molar-refractivity contribution < 1.29 is 9.53 Å². The van der Waals surface area contributed by atoms with Crippen LogP contribution in [0.1, 0.15) is 34.6 Å². The zero-order valence-corrected chi connectivity index (χ0v) is 15.4. The molecule has 0 bridgehead atoms. The van der Waals surface area contributed by atoms with Gasteiger partial charge in [-0.3, -0.25) is 4.79 Å². The minimum absolute atomic E-state index is 0.0198. The van der Waals surface area contributed by atoms with Crippen molar-refractivity contribution in [2.75, 3.05) is 13.1 Å². The van der Waals surface area contributed by atoms with Crippen LogP contribution in [0, 0.1) is 13.8 Å². The van der Waals surface area contributed by atoms with E-state index < -0.39 is 0 Å². The highest BCUT2D eigenvalue weighted by atomic mass is 16.5. The van der Waals surface area contributed by atoms with Crippen LogP contribution in [0.25, 0.3) is 11.0 Å². The summed E-state index contributed by atoms with van der Waals surface area (Å²) in [6, 6.07) is 7.67. The number of carbonyl (C=O) groups excluding carboxylic acids is 1. The van der Waals surface area contributed by atoms with Gasteiger partial charge in [-0.25, -0.2) is 19.9 Å². The van der Waals surface area contributed by atoms with Crippen LogP contribution < -0.4 is 4.74 Å². The molecule has 27 heavy (non-hydrogen) atoms. The van der Waals surface area contributed by atoms with Crippen LogP contribution in [0.5, 0.6) is 6.01 Å². The molecule has 0 N–H and O–H groups in total. The number of aryl methyl sites for hydroxylation is 2. The molecule has 0 unspecified atom stereocenters. The van der Waals surface area contributed by atoms with E-state index in [1.165, 1.54) is 0 Å². The van der Waals surface area contributed by atoms with Crippen LogP contribution >= 0.6 is 0 Å². The summed E-state index contributed by atoms with van der Waals surface area (Å²) < 4.78 is 5.79. The Morgan fingerprint density at radius 3 is 2.41 bits per heavy atom. The van der Waals surface area contributed by atoms with Gasteiger partial charge in [0.15, 0.2) is 0 Å². The van der Waals surface area contributed by atoms with Gasteiger partial charge in [0.25, 0.3) is 5.91 Å². The van der Waals surface area contributed by atoms with Crippen molar-refractivity contribution >= 4 is 16.9 Å². The molecule has 2 aromatic heterocycles. The summed E-state index contributed by atoms with van der Waals surface area (Å²) in [5, 5.41) is 0. The number of rotatable bonds is 3. The average Bonchev–Trinajstić information content (AvgIpc) is 2.69. The van der Waals surface area contributed by atoms with Gasteiger partial charge in [-0.2, -0.15) is 0 Å². The molecule has 0 radical (unpaired) electrons. The number of amides is 1. The molecule has 1 saturated heterocycles. The van der Waals surface area contributed by atoms with Gasteiger partial charge in [0.1, 0.15) is 6.10 Å². The maximum Gasteiger partial charge on any atom is 0.316 e. The van der Waals surface area contributed by atoms with Crippen molar-refractivity contribution in [3.8, 4) is 6.01 Å². The number of carbonyl (C=O) groups is 1. The normalized spacial score (nSPS) is 15.1. The minimum atomic E-state index is 0.0198. The van der Waals surface area contributed by atoms with E-state index in [1.807, 2.05) is 36.9 Å². The standard InChI is InChI=1S/C20H21N5O2/c1-13-14(2)24-18-12-15(4-5-17(18)23-13)19(26)25-10-6-16(7-11-25)27-20-21-8-3-9-22-20/h3-5,8-9,12,16H,6-7,10-11H2,1-2H3. The van der Waals surface area contributed by atoms with Gasteiger partial charge in [0.05, 0.1) is 22.4 Å². The predicted octanol–water partition coefficient (Wildman–Crippen LogP) is 2.72. The zero-order chi connectivity index (χ0) is 18.8. The highest BCUT2D eigenvalue weighted by molar-refractivity contribution is 5.97. The molecule has 1 fully saturated rings. The van der Waals surface area contributed by atoms with Crippen LogP contribution in [0.3, 0.4) is 0 Å². The maximum absolute atomic E-state index is 12.9. The minimum Gasteiger partial charge on any atom is -0.460 e. The van der Waals surface area contributed by atoms with Crippen molar-refractivity contribution in [1.82, 2.24) is 24.8 Å². The third-order valence-electron chi connectivity index (χ3n) is 4.87. The van der Waals surface area contributed by atoms with E-state index in [0.29, 0.717) is 24.7 Å². The first-order valence-corrected chi connectivity index (χ1v) is 9.08. The molecule has 3 heterocycles. The summed E-state index contributed by atoms with van der Waals surface area (Å²) in [4.78, 5) is 32.0. The second kappa shape index (κ2) is 7.26. The van der Waals surface area contributed by atoms with E-state index in [9.17, 15) is 4.79 Å². The second-order valence-corrected chi connectivity index (χ2v) is 6.74. The molecule has 0 saturated carbocycles. The first kappa shape index (κ1) is 17.3. The van der Waals surface area contributed by atoms with E-state index in [1.54, 1.807) is 18.5 Å². The second-order valence-electron chi connectivity index (χ2n) is 6.74. The summed E-state index contributed by atoms with van der Waals surface area (Å²) in [5.74, 6) is 0.0198. The van der Waals surface area contributed by atoms with E-state index in [-0.39, 0.29) is 12.0 Å². The first-order valence-electron chi connectivity index (χ1n) is 9.08. The fourth-order valence-electron chi connectivity index (χ4n) is 3.22. The quantitative estimate of drug-likeness (QED) is 0.712. The molecule has 1 amide bonds. The number of nitrogens with zero attached hydrogens (tertiary/aromatic N) is 5. The lowest BCUT2D eigenvalue weighted by molar-refractivity contribution is 0.0579. The van der Waals surface area contributed by atoms with Crippen molar-refractivity contribution in [2.24, 2.45) is 0 Å².